The SMILES string of the molecule is CCNC(=NC[C@H]1CCCN1CC(C)C)N1CCN(c2ccccn2)CC1.I. The normalized spacial score (nSPS) is 21.1. The van der Waals surface area contributed by atoms with E-state index in [2.05, 4.69) is 57.9 Å². The van der Waals surface area contributed by atoms with Gasteiger partial charge in [0.15, 0.2) is 5.96 Å². The highest BCUT2D eigenvalue weighted by atomic mass is 127. The zero-order valence-corrected chi connectivity index (χ0v) is 20.0. The molecule has 1 aromatic rings. The van der Waals surface area contributed by atoms with Crippen LogP contribution in [0.15, 0.2) is 29.4 Å². The molecule has 0 radical (unpaired) electrons. The van der Waals surface area contributed by atoms with Crippen LogP contribution < -0.4 is 10.2 Å². The van der Waals surface area contributed by atoms with E-state index in [1.165, 1.54) is 25.9 Å². The first-order chi connectivity index (χ1) is 13.2. The van der Waals surface area contributed by atoms with Crippen molar-refractivity contribution in [2.75, 3.05) is 57.3 Å². The van der Waals surface area contributed by atoms with Gasteiger partial charge in [0, 0.05) is 51.5 Å². The Morgan fingerprint density at radius 2 is 2.00 bits per heavy atom. The zero-order chi connectivity index (χ0) is 19.1. The van der Waals surface area contributed by atoms with Crippen molar-refractivity contribution in [3.8, 4) is 0 Å². The lowest BCUT2D eigenvalue weighted by molar-refractivity contribution is 0.230. The van der Waals surface area contributed by atoms with Crippen molar-refractivity contribution in [3.63, 3.8) is 0 Å². The lowest BCUT2D eigenvalue weighted by atomic mass is 10.2. The highest BCUT2D eigenvalue weighted by Gasteiger charge is 2.25. The molecule has 0 amide bonds. The third-order valence-corrected chi connectivity index (χ3v) is 5.44. The molecule has 3 rings (SSSR count). The first-order valence-electron chi connectivity index (χ1n) is 10.6. The predicted molar refractivity (Wildman–Crippen MR) is 129 cm³/mol. The fraction of sp³-hybridized carbons (Fsp3) is 0.714. The van der Waals surface area contributed by atoms with Crippen molar-refractivity contribution in [3.05, 3.63) is 24.4 Å². The van der Waals surface area contributed by atoms with E-state index in [4.69, 9.17) is 4.99 Å². The van der Waals surface area contributed by atoms with Gasteiger partial charge in [0.1, 0.15) is 5.82 Å². The number of piperazine rings is 1. The molecule has 2 aliphatic heterocycles. The average molecular weight is 500 g/mol. The summed E-state index contributed by atoms with van der Waals surface area (Å²) in [6.45, 7) is 15.0. The summed E-state index contributed by atoms with van der Waals surface area (Å²) in [5, 5.41) is 3.51. The van der Waals surface area contributed by atoms with E-state index in [-0.39, 0.29) is 24.0 Å². The van der Waals surface area contributed by atoms with Crippen molar-refractivity contribution in [1.29, 1.82) is 0 Å². The topological polar surface area (TPSA) is 47.0 Å². The fourth-order valence-electron chi connectivity index (χ4n) is 4.12. The molecule has 0 unspecified atom stereocenters. The average Bonchev–Trinajstić information content (AvgIpc) is 3.12. The van der Waals surface area contributed by atoms with Gasteiger partial charge in [-0.15, -0.1) is 24.0 Å². The minimum absolute atomic E-state index is 0. The molecule has 0 bridgehead atoms. The molecule has 0 spiro atoms. The van der Waals surface area contributed by atoms with E-state index in [0.29, 0.717) is 6.04 Å². The number of anilines is 1. The van der Waals surface area contributed by atoms with E-state index >= 15 is 0 Å². The van der Waals surface area contributed by atoms with E-state index in [0.717, 1.165) is 57.0 Å². The van der Waals surface area contributed by atoms with Crippen molar-refractivity contribution in [2.45, 2.75) is 39.7 Å². The van der Waals surface area contributed by atoms with Gasteiger partial charge in [-0.1, -0.05) is 19.9 Å². The van der Waals surface area contributed by atoms with Crippen LogP contribution in [-0.2, 0) is 0 Å². The highest BCUT2D eigenvalue weighted by molar-refractivity contribution is 14.0. The number of nitrogens with one attached hydrogen (secondary N) is 1. The number of hydrogen-bond donors (Lipinski definition) is 1. The quantitative estimate of drug-likeness (QED) is 0.370. The van der Waals surface area contributed by atoms with E-state index in [1.807, 2.05) is 12.3 Å². The molecule has 6 nitrogen and oxygen atoms in total. The number of aliphatic imine (C=N–C) groups is 1. The van der Waals surface area contributed by atoms with Crippen LogP contribution in [0.5, 0.6) is 0 Å². The van der Waals surface area contributed by atoms with E-state index in [1.54, 1.807) is 0 Å². The first kappa shape index (κ1) is 23.2. The lowest BCUT2D eigenvalue weighted by Gasteiger charge is -2.37. The summed E-state index contributed by atoms with van der Waals surface area (Å²) in [5.74, 6) is 2.88. The molecule has 3 heterocycles. The fourth-order valence-corrected chi connectivity index (χ4v) is 4.12. The van der Waals surface area contributed by atoms with Crippen LogP contribution in [0.3, 0.4) is 0 Å². The van der Waals surface area contributed by atoms with E-state index < -0.39 is 0 Å². The molecule has 2 aliphatic rings. The standard InChI is InChI=1S/C21H36N6.HI/c1-4-22-21(24-16-19-8-7-11-27(19)17-18(2)3)26-14-12-25(13-15-26)20-9-5-6-10-23-20;/h5-6,9-10,18-19H,4,7-8,11-17H2,1-3H3,(H,22,24);1H/t19-;/m1./s1. The maximum absolute atomic E-state index is 5.03. The molecule has 28 heavy (non-hydrogen) atoms. The Labute approximate surface area is 187 Å². The van der Waals surface area contributed by atoms with Crippen molar-refractivity contribution in [2.24, 2.45) is 10.9 Å². The minimum Gasteiger partial charge on any atom is -0.357 e. The molecule has 1 atom stereocenters. The number of nitrogens with zero attached hydrogens (tertiary/aromatic N) is 5. The molecule has 0 aromatic carbocycles. The molecule has 7 heteroatoms. The van der Waals surface area contributed by atoms with Crippen LogP contribution in [0, 0.1) is 5.92 Å². The number of likely N-dealkylation sites (tertiary alicyclic amines) is 1. The van der Waals surface area contributed by atoms with Gasteiger partial charge in [0.2, 0.25) is 0 Å². The summed E-state index contributed by atoms with van der Waals surface area (Å²) in [5.41, 5.74) is 0. The molecular formula is C21H37IN6. The predicted octanol–water partition coefficient (Wildman–Crippen LogP) is 2.91. The summed E-state index contributed by atoms with van der Waals surface area (Å²) in [6, 6.07) is 6.74. The van der Waals surface area contributed by atoms with Gasteiger partial charge < -0.3 is 15.1 Å². The third kappa shape index (κ3) is 6.47. The van der Waals surface area contributed by atoms with Crippen LogP contribution in [0.25, 0.3) is 0 Å². The highest BCUT2D eigenvalue weighted by Crippen LogP contribution is 2.19. The Bertz CT molecular complexity index is 586. The molecule has 2 fully saturated rings. The monoisotopic (exact) mass is 500 g/mol. The summed E-state index contributed by atoms with van der Waals surface area (Å²) in [4.78, 5) is 16.9. The molecule has 0 aliphatic carbocycles. The number of pyridine rings is 1. The van der Waals surface area contributed by atoms with Crippen LogP contribution in [0.2, 0.25) is 0 Å². The molecular weight excluding hydrogens is 463 g/mol. The maximum Gasteiger partial charge on any atom is 0.194 e. The molecule has 0 saturated carbocycles. The van der Waals surface area contributed by atoms with Gasteiger partial charge in [0.05, 0.1) is 6.54 Å². The smallest absolute Gasteiger partial charge is 0.194 e. The van der Waals surface area contributed by atoms with Crippen molar-refractivity contribution < 1.29 is 0 Å². The molecule has 158 valence electrons. The minimum atomic E-state index is 0. The number of rotatable bonds is 6. The molecule has 1 N–H and O–H groups in total. The second kappa shape index (κ2) is 11.8. The Kier molecular flexibility index (Phi) is 9.77. The zero-order valence-electron chi connectivity index (χ0n) is 17.7. The van der Waals surface area contributed by atoms with Gasteiger partial charge >= 0.3 is 0 Å². The van der Waals surface area contributed by atoms with Crippen LogP contribution in [0.4, 0.5) is 5.82 Å². The second-order valence-electron chi connectivity index (χ2n) is 8.04. The van der Waals surface area contributed by atoms with Crippen molar-refractivity contribution >= 4 is 35.8 Å². The number of aromatic nitrogens is 1. The Morgan fingerprint density at radius 1 is 1.21 bits per heavy atom. The largest absolute Gasteiger partial charge is 0.357 e. The summed E-state index contributed by atoms with van der Waals surface area (Å²) >= 11 is 0. The van der Waals surface area contributed by atoms with Gasteiger partial charge in [0.25, 0.3) is 0 Å². The number of hydrogen-bond acceptors (Lipinski definition) is 4. The summed E-state index contributed by atoms with van der Waals surface area (Å²) in [6.07, 6.45) is 4.47. The van der Waals surface area contributed by atoms with E-state index in [9.17, 15) is 0 Å². The Balaban J connectivity index is 0.00000280. The van der Waals surface area contributed by atoms with Crippen LogP contribution in [0.1, 0.15) is 33.6 Å². The van der Waals surface area contributed by atoms with Crippen LogP contribution in [-0.4, -0.2) is 79.1 Å². The summed E-state index contributed by atoms with van der Waals surface area (Å²) < 4.78 is 0. The van der Waals surface area contributed by atoms with Gasteiger partial charge in [-0.05, 0) is 44.4 Å². The van der Waals surface area contributed by atoms with Crippen LogP contribution >= 0.6 is 24.0 Å². The lowest BCUT2D eigenvalue weighted by Crippen LogP contribution is -2.53. The maximum atomic E-state index is 5.03. The summed E-state index contributed by atoms with van der Waals surface area (Å²) in [7, 11) is 0. The molecule has 1 aromatic heterocycles. The Morgan fingerprint density at radius 3 is 2.64 bits per heavy atom. The Hall–Kier alpha value is -1.09. The first-order valence-corrected chi connectivity index (χ1v) is 10.6. The number of halogens is 1. The van der Waals surface area contributed by atoms with Crippen molar-refractivity contribution in [1.82, 2.24) is 20.1 Å². The van der Waals surface area contributed by atoms with Gasteiger partial charge in [-0.3, -0.25) is 9.89 Å². The van der Waals surface area contributed by atoms with Gasteiger partial charge in [-0.25, -0.2) is 4.98 Å². The van der Waals surface area contributed by atoms with Gasteiger partial charge in [-0.2, -0.15) is 0 Å². The third-order valence-electron chi connectivity index (χ3n) is 5.44. The molecule has 2 saturated heterocycles. The number of guanidine groups is 1. The second-order valence-corrected chi connectivity index (χ2v) is 8.04.